The third-order valence-electron chi connectivity index (χ3n) is 3.76. The fourth-order valence-corrected chi connectivity index (χ4v) is 2.75. The minimum Gasteiger partial charge on any atom is -0.380 e. The lowest BCUT2D eigenvalue weighted by Crippen LogP contribution is -2.11. The third kappa shape index (κ3) is 4.73. The van der Waals surface area contributed by atoms with Gasteiger partial charge in [0.05, 0.1) is 24.2 Å². The fraction of sp³-hybridized carbons (Fsp3) is 0.200. The molecule has 0 bridgehead atoms. The first-order valence-corrected chi connectivity index (χ1v) is 9.13. The zero-order chi connectivity index (χ0) is 18.4. The molecule has 0 saturated heterocycles. The Morgan fingerprint density at radius 3 is 2.04 bits per heavy atom. The maximum Gasteiger partial charge on any atom is 0.145 e. The summed E-state index contributed by atoms with van der Waals surface area (Å²) in [6, 6.07) is 15.1. The summed E-state index contributed by atoms with van der Waals surface area (Å²) < 4.78 is 5.35. The van der Waals surface area contributed by atoms with Gasteiger partial charge in [-0.3, -0.25) is 4.98 Å². The molecule has 0 amide bonds. The molecule has 2 aromatic carbocycles. The van der Waals surface area contributed by atoms with Gasteiger partial charge in [-0.15, -0.1) is 0 Å². The van der Waals surface area contributed by atoms with E-state index in [4.69, 9.17) is 32.9 Å². The van der Waals surface area contributed by atoms with Gasteiger partial charge in [0, 0.05) is 34.3 Å². The highest BCUT2D eigenvalue weighted by Gasteiger charge is 2.12. The quantitative estimate of drug-likeness (QED) is 0.538. The predicted molar refractivity (Wildman–Crippen MR) is 108 cm³/mol. The van der Waals surface area contributed by atoms with Crippen LogP contribution in [0.3, 0.4) is 0 Å². The molecule has 3 rings (SSSR count). The standard InChI is InChI=1S/C20H19Cl2N3O/c1-2-26-12-11-23-18-13-24-19(14-3-7-16(21)8-4-14)20(25-18)15-5-9-17(22)10-6-15/h3-10,13H,2,11-12H2,1H3,(H,23,25). The van der Waals surface area contributed by atoms with Crippen LogP contribution in [0.2, 0.25) is 10.0 Å². The second kappa shape index (κ2) is 8.99. The summed E-state index contributed by atoms with van der Waals surface area (Å²) in [4.78, 5) is 9.40. The monoisotopic (exact) mass is 387 g/mol. The topological polar surface area (TPSA) is 47.0 Å². The summed E-state index contributed by atoms with van der Waals surface area (Å²) >= 11 is 12.0. The molecule has 1 heterocycles. The zero-order valence-electron chi connectivity index (χ0n) is 14.4. The summed E-state index contributed by atoms with van der Waals surface area (Å²) in [6.45, 7) is 3.95. The van der Waals surface area contributed by atoms with Crippen LogP contribution in [0, 0.1) is 0 Å². The van der Waals surface area contributed by atoms with Crippen molar-refractivity contribution < 1.29 is 4.74 Å². The van der Waals surface area contributed by atoms with E-state index in [2.05, 4.69) is 10.3 Å². The van der Waals surface area contributed by atoms with Gasteiger partial charge in [0.25, 0.3) is 0 Å². The maximum atomic E-state index is 6.03. The SMILES string of the molecule is CCOCCNc1cnc(-c2ccc(Cl)cc2)c(-c2ccc(Cl)cc2)n1. The number of hydrogen-bond donors (Lipinski definition) is 1. The molecule has 1 aromatic heterocycles. The highest BCUT2D eigenvalue weighted by atomic mass is 35.5. The highest BCUT2D eigenvalue weighted by molar-refractivity contribution is 6.31. The number of aromatic nitrogens is 2. The summed E-state index contributed by atoms with van der Waals surface area (Å²) in [5.41, 5.74) is 3.47. The normalized spacial score (nSPS) is 10.7. The van der Waals surface area contributed by atoms with Crippen molar-refractivity contribution in [1.29, 1.82) is 0 Å². The Kier molecular flexibility index (Phi) is 6.45. The minimum atomic E-state index is 0.618. The van der Waals surface area contributed by atoms with Crippen LogP contribution >= 0.6 is 23.2 Å². The zero-order valence-corrected chi connectivity index (χ0v) is 15.9. The first kappa shape index (κ1) is 18.6. The number of ether oxygens (including phenoxy) is 1. The average Bonchev–Trinajstić information content (AvgIpc) is 2.67. The van der Waals surface area contributed by atoms with Gasteiger partial charge in [-0.05, 0) is 31.2 Å². The smallest absolute Gasteiger partial charge is 0.145 e. The van der Waals surface area contributed by atoms with Crippen molar-refractivity contribution in [3.05, 3.63) is 64.8 Å². The van der Waals surface area contributed by atoms with Crippen molar-refractivity contribution in [2.24, 2.45) is 0 Å². The predicted octanol–water partition coefficient (Wildman–Crippen LogP) is 5.57. The number of rotatable bonds is 7. The molecule has 0 aliphatic carbocycles. The van der Waals surface area contributed by atoms with Crippen molar-refractivity contribution in [1.82, 2.24) is 9.97 Å². The van der Waals surface area contributed by atoms with Gasteiger partial charge in [0.1, 0.15) is 5.82 Å². The molecular weight excluding hydrogens is 369 g/mol. The van der Waals surface area contributed by atoms with E-state index in [9.17, 15) is 0 Å². The van der Waals surface area contributed by atoms with Gasteiger partial charge >= 0.3 is 0 Å². The first-order chi connectivity index (χ1) is 12.7. The van der Waals surface area contributed by atoms with Gasteiger partial charge in [-0.1, -0.05) is 47.5 Å². The van der Waals surface area contributed by atoms with Crippen LogP contribution in [0.5, 0.6) is 0 Å². The van der Waals surface area contributed by atoms with Gasteiger partial charge in [-0.25, -0.2) is 4.98 Å². The van der Waals surface area contributed by atoms with E-state index >= 15 is 0 Å². The van der Waals surface area contributed by atoms with Crippen molar-refractivity contribution in [2.75, 3.05) is 25.1 Å². The Bertz CT molecular complexity index is 852. The molecule has 0 spiro atoms. The number of hydrogen-bond acceptors (Lipinski definition) is 4. The van der Waals surface area contributed by atoms with Crippen molar-refractivity contribution in [3.63, 3.8) is 0 Å². The van der Waals surface area contributed by atoms with E-state index in [1.54, 1.807) is 6.20 Å². The minimum absolute atomic E-state index is 0.618. The van der Waals surface area contributed by atoms with E-state index in [1.807, 2.05) is 55.5 Å². The van der Waals surface area contributed by atoms with Crippen molar-refractivity contribution >= 4 is 29.0 Å². The van der Waals surface area contributed by atoms with Gasteiger partial charge in [-0.2, -0.15) is 0 Å². The molecule has 0 atom stereocenters. The van der Waals surface area contributed by atoms with Gasteiger partial charge in [0.2, 0.25) is 0 Å². The molecule has 0 radical (unpaired) electrons. The van der Waals surface area contributed by atoms with Crippen LogP contribution in [0.1, 0.15) is 6.92 Å². The molecule has 6 heteroatoms. The van der Waals surface area contributed by atoms with E-state index < -0.39 is 0 Å². The summed E-state index contributed by atoms with van der Waals surface area (Å²) in [5.74, 6) is 0.701. The van der Waals surface area contributed by atoms with E-state index in [0.29, 0.717) is 35.6 Å². The number of benzene rings is 2. The Labute approximate surface area is 163 Å². The van der Waals surface area contributed by atoms with E-state index in [0.717, 1.165) is 22.5 Å². The van der Waals surface area contributed by atoms with Crippen molar-refractivity contribution in [2.45, 2.75) is 6.92 Å². The summed E-state index contributed by atoms with van der Waals surface area (Å²) in [5, 5.41) is 4.61. The molecule has 4 nitrogen and oxygen atoms in total. The Hall–Kier alpha value is -2.14. The average molecular weight is 388 g/mol. The van der Waals surface area contributed by atoms with Gasteiger partial charge < -0.3 is 10.1 Å². The molecule has 0 fully saturated rings. The number of nitrogens with one attached hydrogen (secondary N) is 1. The fourth-order valence-electron chi connectivity index (χ4n) is 2.50. The van der Waals surface area contributed by atoms with Crippen LogP contribution in [0.15, 0.2) is 54.7 Å². The molecule has 134 valence electrons. The molecule has 0 aliphatic rings. The Balaban J connectivity index is 1.97. The van der Waals surface area contributed by atoms with Crippen LogP contribution in [0.25, 0.3) is 22.5 Å². The molecule has 0 aliphatic heterocycles. The molecule has 0 unspecified atom stereocenters. The van der Waals surface area contributed by atoms with Crippen LogP contribution in [0.4, 0.5) is 5.82 Å². The van der Waals surface area contributed by atoms with E-state index in [-0.39, 0.29) is 0 Å². The lowest BCUT2D eigenvalue weighted by Gasteiger charge is -2.12. The second-order valence-electron chi connectivity index (χ2n) is 5.59. The molecular formula is C20H19Cl2N3O. The molecule has 1 N–H and O–H groups in total. The summed E-state index contributed by atoms with van der Waals surface area (Å²) in [7, 11) is 0. The molecule has 0 saturated carbocycles. The third-order valence-corrected chi connectivity index (χ3v) is 4.27. The number of halogens is 2. The molecule has 26 heavy (non-hydrogen) atoms. The highest BCUT2D eigenvalue weighted by Crippen LogP contribution is 2.31. The summed E-state index contributed by atoms with van der Waals surface area (Å²) in [6.07, 6.45) is 1.73. The van der Waals surface area contributed by atoms with Crippen LogP contribution < -0.4 is 5.32 Å². The largest absolute Gasteiger partial charge is 0.380 e. The van der Waals surface area contributed by atoms with Crippen molar-refractivity contribution in [3.8, 4) is 22.5 Å². The van der Waals surface area contributed by atoms with E-state index in [1.165, 1.54) is 0 Å². The maximum absolute atomic E-state index is 6.03. The Morgan fingerprint density at radius 2 is 1.46 bits per heavy atom. The van der Waals surface area contributed by atoms with Crippen LogP contribution in [-0.4, -0.2) is 29.7 Å². The number of anilines is 1. The molecule has 3 aromatic rings. The lowest BCUT2D eigenvalue weighted by molar-refractivity contribution is 0.158. The van der Waals surface area contributed by atoms with Crippen LogP contribution in [-0.2, 0) is 4.74 Å². The second-order valence-corrected chi connectivity index (χ2v) is 6.46. The first-order valence-electron chi connectivity index (χ1n) is 8.38. The van der Waals surface area contributed by atoms with Gasteiger partial charge in [0.15, 0.2) is 0 Å². The Morgan fingerprint density at radius 1 is 0.885 bits per heavy atom. The lowest BCUT2D eigenvalue weighted by atomic mass is 10.0. The number of nitrogens with zero attached hydrogens (tertiary/aromatic N) is 2.